The Morgan fingerprint density at radius 3 is 2.47 bits per heavy atom. The molecule has 30 heavy (non-hydrogen) atoms. The zero-order valence-corrected chi connectivity index (χ0v) is 18.2. The summed E-state index contributed by atoms with van der Waals surface area (Å²) in [6, 6.07) is 15.4. The van der Waals surface area contributed by atoms with Crippen molar-refractivity contribution in [3.05, 3.63) is 64.5 Å². The number of nitrogens with one attached hydrogen (secondary N) is 2. The largest absolute Gasteiger partial charge is 0.326 e. The lowest BCUT2D eigenvalue weighted by Gasteiger charge is -2.07. The van der Waals surface area contributed by atoms with Crippen molar-refractivity contribution in [1.29, 1.82) is 0 Å². The molecule has 3 aromatic rings. The number of benzene rings is 2. The highest BCUT2D eigenvalue weighted by molar-refractivity contribution is 7.10. The molecule has 2 aromatic carbocycles. The maximum absolute atomic E-state index is 12.3. The second-order valence-electron chi connectivity index (χ2n) is 7.25. The van der Waals surface area contributed by atoms with Crippen molar-refractivity contribution in [1.82, 2.24) is 4.98 Å². The van der Waals surface area contributed by atoms with Gasteiger partial charge in [0.1, 0.15) is 5.01 Å². The fourth-order valence-electron chi connectivity index (χ4n) is 3.05. The molecule has 0 aliphatic carbocycles. The van der Waals surface area contributed by atoms with Gasteiger partial charge in [0.05, 0.1) is 12.1 Å². The molecule has 0 aliphatic rings. The number of hydrogen-bond acceptors (Lipinski definition) is 4. The lowest BCUT2D eigenvalue weighted by atomic mass is 10.1. The zero-order chi connectivity index (χ0) is 21.3. The molecule has 156 valence electrons. The number of unbranched alkanes of at least 4 members (excludes halogenated alkanes) is 2. The summed E-state index contributed by atoms with van der Waals surface area (Å²) in [4.78, 5) is 28.9. The number of aryl methyl sites for hydroxylation is 1. The summed E-state index contributed by atoms with van der Waals surface area (Å²) in [5.74, 6) is -0.0295. The number of carbonyl (C=O) groups is 2. The number of anilines is 2. The summed E-state index contributed by atoms with van der Waals surface area (Å²) in [6.07, 6.45) is 3.88. The Balaban J connectivity index is 1.56. The van der Waals surface area contributed by atoms with Gasteiger partial charge in [0.2, 0.25) is 11.8 Å². The standard InChI is InChI=1S/C24H27N3O2S/c1-3-4-5-10-22(28)25-19-13-11-18(12-14-19)21-16-30-24(27-21)15-23(29)26-20-9-7-6-8-17(20)2/h6-9,11-14,16H,3-5,10,15H2,1-2H3,(H,25,28)(H,26,29). The number of aromatic nitrogens is 1. The minimum atomic E-state index is -0.0775. The number of para-hydroxylation sites is 1. The molecule has 0 fully saturated rings. The number of carbonyl (C=O) groups excluding carboxylic acids is 2. The van der Waals surface area contributed by atoms with Crippen LogP contribution in [0, 0.1) is 6.92 Å². The minimum absolute atomic E-state index is 0.0480. The van der Waals surface area contributed by atoms with E-state index in [1.165, 1.54) is 11.3 Å². The van der Waals surface area contributed by atoms with E-state index in [2.05, 4.69) is 22.5 Å². The molecule has 0 atom stereocenters. The monoisotopic (exact) mass is 421 g/mol. The van der Waals surface area contributed by atoms with Crippen LogP contribution in [0.25, 0.3) is 11.3 Å². The van der Waals surface area contributed by atoms with E-state index in [1.54, 1.807) is 0 Å². The van der Waals surface area contributed by atoms with Crippen LogP contribution in [0.15, 0.2) is 53.9 Å². The predicted octanol–water partition coefficient (Wildman–Crippen LogP) is 5.82. The molecule has 0 aliphatic heterocycles. The van der Waals surface area contributed by atoms with Crippen LogP contribution in [0.1, 0.15) is 43.2 Å². The number of rotatable bonds is 9. The van der Waals surface area contributed by atoms with Gasteiger partial charge in [-0.2, -0.15) is 0 Å². The Kier molecular flexibility index (Phi) is 7.74. The highest BCUT2D eigenvalue weighted by atomic mass is 32.1. The van der Waals surface area contributed by atoms with Crippen molar-refractivity contribution in [3.63, 3.8) is 0 Å². The minimum Gasteiger partial charge on any atom is -0.326 e. The van der Waals surface area contributed by atoms with Gasteiger partial charge in [0.15, 0.2) is 0 Å². The second-order valence-corrected chi connectivity index (χ2v) is 8.19. The molecule has 0 saturated carbocycles. The van der Waals surface area contributed by atoms with E-state index in [0.29, 0.717) is 6.42 Å². The lowest BCUT2D eigenvalue weighted by Crippen LogP contribution is -2.14. The topological polar surface area (TPSA) is 71.1 Å². The van der Waals surface area contributed by atoms with E-state index >= 15 is 0 Å². The number of nitrogens with zero attached hydrogens (tertiary/aromatic N) is 1. The first-order valence-electron chi connectivity index (χ1n) is 10.3. The third-order valence-corrected chi connectivity index (χ3v) is 5.60. The summed E-state index contributed by atoms with van der Waals surface area (Å²) >= 11 is 1.47. The van der Waals surface area contributed by atoms with Crippen LogP contribution < -0.4 is 10.6 Å². The van der Waals surface area contributed by atoms with E-state index in [1.807, 2.05) is 60.8 Å². The van der Waals surface area contributed by atoms with Crippen LogP contribution >= 0.6 is 11.3 Å². The van der Waals surface area contributed by atoms with Gasteiger partial charge in [-0.15, -0.1) is 11.3 Å². The van der Waals surface area contributed by atoms with E-state index in [4.69, 9.17) is 0 Å². The molecule has 0 bridgehead atoms. The van der Waals surface area contributed by atoms with Crippen LogP contribution in [-0.4, -0.2) is 16.8 Å². The highest BCUT2D eigenvalue weighted by Gasteiger charge is 2.11. The highest BCUT2D eigenvalue weighted by Crippen LogP contribution is 2.24. The molecule has 0 radical (unpaired) electrons. The first kappa shape index (κ1) is 21.7. The first-order valence-corrected chi connectivity index (χ1v) is 11.1. The summed E-state index contributed by atoms with van der Waals surface area (Å²) in [5.41, 5.74) is 4.43. The van der Waals surface area contributed by atoms with Crippen LogP contribution in [0.5, 0.6) is 0 Å². The fraction of sp³-hybridized carbons (Fsp3) is 0.292. The number of thiazole rings is 1. The molecule has 0 spiro atoms. The molecular weight excluding hydrogens is 394 g/mol. The first-order chi connectivity index (χ1) is 14.5. The summed E-state index contributed by atoms with van der Waals surface area (Å²) in [5, 5.41) is 8.59. The van der Waals surface area contributed by atoms with Gasteiger partial charge < -0.3 is 10.6 Å². The average Bonchev–Trinajstić information content (AvgIpc) is 3.19. The van der Waals surface area contributed by atoms with Gasteiger partial charge in [-0.25, -0.2) is 4.98 Å². The van der Waals surface area contributed by atoms with Crippen LogP contribution in [0.4, 0.5) is 11.4 Å². The quantitative estimate of drug-likeness (QED) is 0.428. The van der Waals surface area contributed by atoms with Gasteiger partial charge in [0, 0.05) is 28.7 Å². The van der Waals surface area contributed by atoms with Crippen molar-refractivity contribution in [3.8, 4) is 11.3 Å². The van der Waals surface area contributed by atoms with Gasteiger partial charge in [-0.1, -0.05) is 50.1 Å². The van der Waals surface area contributed by atoms with Crippen molar-refractivity contribution in [2.75, 3.05) is 10.6 Å². The van der Waals surface area contributed by atoms with Crippen LogP contribution in [-0.2, 0) is 16.0 Å². The molecule has 0 unspecified atom stereocenters. The molecule has 6 heteroatoms. The molecule has 0 saturated heterocycles. The lowest BCUT2D eigenvalue weighted by molar-refractivity contribution is -0.116. The third kappa shape index (κ3) is 6.26. The third-order valence-electron chi connectivity index (χ3n) is 4.75. The van der Waals surface area contributed by atoms with E-state index < -0.39 is 0 Å². The maximum Gasteiger partial charge on any atom is 0.231 e. The maximum atomic E-state index is 12.3. The van der Waals surface area contributed by atoms with Crippen molar-refractivity contribution >= 4 is 34.5 Å². The van der Waals surface area contributed by atoms with Gasteiger partial charge in [-0.3, -0.25) is 9.59 Å². The zero-order valence-electron chi connectivity index (χ0n) is 17.4. The van der Waals surface area contributed by atoms with Gasteiger partial charge >= 0.3 is 0 Å². The van der Waals surface area contributed by atoms with E-state index in [0.717, 1.165) is 52.5 Å². The molecule has 3 rings (SSSR count). The molecule has 1 heterocycles. The van der Waals surface area contributed by atoms with Crippen molar-refractivity contribution in [2.45, 2.75) is 46.0 Å². The number of amides is 2. The van der Waals surface area contributed by atoms with Gasteiger partial charge in [0.25, 0.3) is 0 Å². The van der Waals surface area contributed by atoms with Crippen LogP contribution in [0.3, 0.4) is 0 Å². The molecule has 1 aromatic heterocycles. The average molecular weight is 422 g/mol. The van der Waals surface area contributed by atoms with E-state index in [9.17, 15) is 9.59 Å². The molecule has 2 amide bonds. The summed E-state index contributed by atoms with van der Waals surface area (Å²) < 4.78 is 0. The summed E-state index contributed by atoms with van der Waals surface area (Å²) in [6.45, 7) is 4.09. The molecular formula is C24H27N3O2S. The molecule has 5 nitrogen and oxygen atoms in total. The fourth-order valence-corrected chi connectivity index (χ4v) is 3.85. The molecule has 2 N–H and O–H groups in total. The Morgan fingerprint density at radius 1 is 0.967 bits per heavy atom. The van der Waals surface area contributed by atoms with E-state index in [-0.39, 0.29) is 18.2 Å². The van der Waals surface area contributed by atoms with Crippen LogP contribution in [0.2, 0.25) is 0 Å². The Morgan fingerprint density at radius 2 is 1.73 bits per heavy atom. The van der Waals surface area contributed by atoms with Gasteiger partial charge in [-0.05, 0) is 37.1 Å². The second kappa shape index (κ2) is 10.7. The predicted molar refractivity (Wildman–Crippen MR) is 124 cm³/mol. The van der Waals surface area contributed by atoms with Crippen molar-refractivity contribution in [2.24, 2.45) is 0 Å². The van der Waals surface area contributed by atoms with Crippen molar-refractivity contribution < 1.29 is 9.59 Å². The Bertz CT molecular complexity index is 996. The SMILES string of the molecule is CCCCCC(=O)Nc1ccc(-c2csc(CC(=O)Nc3ccccc3C)n2)cc1. The Labute approximate surface area is 181 Å². The normalized spacial score (nSPS) is 10.6. The smallest absolute Gasteiger partial charge is 0.231 e. The summed E-state index contributed by atoms with van der Waals surface area (Å²) in [7, 11) is 0. The number of hydrogen-bond donors (Lipinski definition) is 2. The Hall–Kier alpha value is -2.99.